The van der Waals surface area contributed by atoms with Crippen LogP contribution in [0.2, 0.25) is 0 Å². The molecule has 0 spiro atoms. The van der Waals surface area contributed by atoms with Gasteiger partial charge in [0.2, 0.25) is 11.8 Å². The lowest BCUT2D eigenvalue weighted by Crippen LogP contribution is -2.51. The van der Waals surface area contributed by atoms with Crippen LogP contribution in [0.5, 0.6) is 0 Å². The maximum absolute atomic E-state index is 11.6. The standard InChI is InChI=1S/C11H23N3O2/c1-10(2,3)13-7-9(16)14-11(4,5)6-8(12)15/h13H,6-7H2,1-5H3,(H2,12,15)(H,14,16). The minimum atomic E-state index is -0.595. The molecule has 5 heteroatoms. The van der Waals surface area contributed by atoms with Crippen LogP contribution < -0.4 is 16.4 Å². The van der Waals surface area contributed by atoms with Crippen LogP contribution in [0.4, 0.5) is 0 Å². The number of hydrogen-bond acceptors (Lipinski definition) is 3. The van der Waals surface area contributed by atoms with Gasteiger partial charge in [-0.2, -0.15) is 0 Å². The van der Waals surface area contributed by atoms with Gasteiger partial charge >= 0.3 is 0 Å². The monoisotopic (exact) mass is 229 g/mol. The van der Waals surface area contributed by atoms with Crippen molar-refractivity contribution in [2.75, 3.05) is 6.54 Å². The summed E-state index contributed by atoms with van der Waals surface area (Å²) in [6.07, 6.45) is 0.133. The van der Waals surface area contributed by atoms with E-state index in [1.54, 1.807) is 13.8 Å². The van der Waals surface area contributed by atoms with Crippen LogP contribution in [0.25, 0.3) is 0 Å². The molecule has 0 heterocycles. The summed E-state index contributed by atoms with van der Waals surface area (Å²) < 4.78 is 0. The fourth-order valence-corrected chi connectivity index (χ4v) is 1.25. The molecule has 5 nitrogen and oxygen atoms in total. The van der Waals surface area contributed by atoms with Gasteiger partial charge in [0.05, 0.1) is 6.54 Å². The molecule has 94 valence electrons. The summed E-state index contributed by atoms with van der Waals surface area (Å²) in [5, 5.41) is 5.83. The normalized spacial score (nSPS) is 12.3. The van der Waals surface area contributed by atoms with Crippen LogP contribution in [0.3, 0.4) is 0 Å². The van der Waals surface area contributed by atoms with Crippen molar-refractivity contribution in [3.63, 3.8) is 0 Å². The van der Waals surface area contributed by atoms with Crippen LogP contribution in [0.1, 0.15) is 41.0 Å². The Morgan fingerprint density at radius 3 is 2.00 bits per heavy atom. The van der Waals surface area contributed by atoms with Crippen molar-refractivity contribution in [2.24, 2.45) is 5.73 Å². The maximum Gasteiger partial charge on any atom is 0.234 e. The molecule has 0 aromatic rings. The van der Waals surface area contributed by atoms with Gasteiger partial charge in [0.25, 0.3) is 0 Å². The van der Waals surface area contributed by atoms with Crippen LogP contribution in [0, 0.1) is 0 Å². The summed E-state index contributed by atoms with van der Waals surface area (Å²) in [6, 6.07) is 0. The topological polar surface area (TPSA) is 84.2 Å². The fourth-order valence-electron chi connectivity index (χ4n) is 1.25. The van der Waals surface area contributed by atoms with E-state index < -0.39 is 11.4 Å². The number of amides is 2. The number of rotatable bonds is 5. The molecule has 4 N–H and O–H groups in total. The smallest absolute Gasteiger partial charge is 0.234 e. The third kappa shape index (κ3) is 8.23. The zero-order valence-corrected chi connectivity index (χ0v) is 10.8. The number of nitrogens with two attached hydrogens (primary N) is 1. The molecule has 0 aliphatic carbocycles. The van der Waals surface area contributed by atoms with E-state index in [-0.39, 0.29) is 24.4 Å². The second kappa shape index (κ2) is 5.30. The molecule has 0 fully saturated rings. The Morgan fingerprint density at radius 1 is 1.12 bits per heavy atom. The van der Waals surface area contributed by atoms with Gasteiger partial charge in [-0.1, -0.05) is 0 Å². The van der Waals surface area contributed by atoms with Gasteiger partial charge in [-0.05, 0) is 34.6 Å². The average Bonchev–Trinajstić information content (AvgIpc) is 1.95. The molecule has 0 saturated heterocycles. The first-order chi connectivity index (χ1) is 7.02. The molecule has 0 bridgehead atoms. The largest absolute Gasteiger partial charge is 0.370 e. The summed E-state index contributed by atoms with van der Waals surface area (Å²) in [4.78, 5) is 22.3. The second-order valence-electron chi connectivity index (χ2n) is 5.68. The van der Waals surface area contributed by atoms with E-state index >= 15 is 0 Å². The van der Waals surface area contributed by atoms with Crippen LogP contribution in [0.15, 0.2) is 0 Å². The quantitative estimate of drug-likeness (QED) is 0.627. The molecule has 0 radical (unpaired) electrons. The highest BCUT2D eigenvalue weighted by molar-refractivity contribution is 5.81. The summed E-state index contributed by atoms with van der Waals surface area (Å²) >= 11 is 0. The highest BCUT2D eigenvalue weighted by Crippen LogP contribution is 2.07. The fraction of sp³-hybridized carbons (Fsp3) is 0.818. The summed E-state index contributed by atoms with van der Waals surface area (Å²) in [6.45, 7) is 9.71. The Bertz CT molecular complexity index is 267. The predicted octanol–water partition coefficient (Wildman–Crippen LogP) is 0.145. The molecule has 0 saturated carbocycles. The van der Waals surface area contributed by atoms with Crippen LogP contribution in [-0.2, 0) is 9.59 Å². The Labute approximate surface area is 97.2 Å². The Balaban J connectivity index is 4.09. The number of hydrogen-bond donors (Lipinski definition) is 3. The minimum absolute atomic E-state index is 0.106. The van der Waals surface area contributed by atoms with E-state index in [2.05, 4.69) is 10.6 Å². The van der Waals surface area contributed by atoms with Gasteiger partial charge in [0.15, 0.2) is 0 Å². The van der Waals surface area contributed by atoms with Crippen LogP contribution >= 0.6 is 0 Å². The van der Waals surface area contributed by atoms with Crippen LogP contribution in [-0.4, -0.2) is 29.4 Å². The number of nitrogens with one attached hydrogen (secondary N) is 2. The van der Waals surface area contributed by atoms with E-state index in [9.17, 15) is 9.59 Å². The zero-order valence-electron chi connectivity index (χ0n) is 10.8. The molecule has 0 aromatic heterocycles. The Morgan fingerprint density at radius 2 is 1.62 bits per heavy atom. The van der Waals surface area contributed by atoms with Crippen molar-refractivity contribution in [1.82, 2.24) is 10.6 Å². The molecule has 2 amide bonds. The molecule has 0 unspecified atom stereocenters. The first-order valence-electron chi connectivity index (χ1n) is 5.36. The van der Waals surface area contributed by atoms with Gasteiger partial charge in [-0.25, -0.2) is 0 Å². The molecule has 0 atom stereocenters. The van der Waals surface area contributed by atoms with E-state index in [4.69, 9.17) is 5.73 Å². The lowest BCUT2D eigenvalue weighted by atomic mass is 10.0. The molecule has 0 aliphatic heterocycles. The van der Waals surface area contributed by atoms with E-state index in [1.165, 1.54) is 0 Å². The van der Waals surface area contributed by atoms with E-state index in [1.807, 2.05) is 20.8 Å². The van der Waals surface area contributed by atoms with Crippen molar-refractivity contribution in [2.45, 2.75) is 52.1 Å². The average molecular weight is 229 g/mol. The summed E-state index contributed by atoms with van der Waals surface area (Å²) in [7, 11) is 0. The SMILES string of the molecule is CC(C)(C)NCC(=O)NC(C)(C)CC(N)=O. The van der Waals surface area contributed by atoms with Gasteiger partial charge in [-0.3, -0.25) is 9.59 Å². The number of primary amides is 1. The highest BCUT2D eigenvalue weighted by Gasteiger charge is 2.23. The van der Waals surface area contributed by atoms with Gasteiger partial charge in [0, 0.05) is 17.5 Å². The van der Waals surface area contributed by atoms with Gasteiger partial charge in [-0.15, -0.1) is 0 Å². The lowest BCUT2D eigenvalue weighted by molar-refractivity contribution is -0.123. The second-order valence-corrected chi connectivity index (χ2v) is 5.68. The highest BCUT2D eigenvalue weighted by atomic mass is 16.2. The van der Waals surface area contributed by atoms with E-state index in [0.717, 1.165) is 0 Å². The zero-order chi connectivity index (χ0) is 13.0. The molecular formula is C11H23N3O2. The van der Waals surface area contributed by atoms with Gasteiger partial charge in [0.1, 0.15) is 0 Å². The maximum atomic E-state index is 11.6. The predicted molar refractivity (Wildman–Crippen MR) is 63.8 cm³/mol. The lowest BCUT2D eigenvalue weighted by Gasteiger charge is -2.26. The summed E-state index contributed by atoms with van der Waals surface area (Å²) in [5.41, 5.74) is 4.39. The van der Waals surface area contributed by atoms with Crippen molar-refractivity contribution in [3.8, 4) is 0 Å². The molecule has 0 rings (SSSR count). The van der Waals surface area contributed by atoms with E-state index in [0.29, 0.717) is 0 Å². The van der Waals surface area contributed by atoms with Crippen molar-refractivity contribution >= 4 is 11.8 Å². The third-order valence-electron chi connectivity index (χ3n) is 1.87. The number of carbonyl (C=O) groups excluding carboxylic acids is 2. The van der Waals surface area contributed by atoms with Gasteiger partial charge < -0.3 is 16.4 Å². The third-order valence-corrected chi connectivity index (χ3v) is 1.87. The summed E-state index contributed by atoms with van der Waals surface area (Å²) in [5.74, 6) is -0.560. The number of carbonyl (C=O) groups is 2. The van der Waals surface area contributed by atoms with Crippen molar-refractivity contribution in [3.05, 3.63) is 0 Å². The Kier molecular flexibility index (Phi) is 4.93. The first-order valence-corrected chi connectivity index (χ1v) is 5.36. The molecule has 0 aromatic carbocycles. The Hall–Kier alpha value is -1.10. The first kappa shape index (κ1) is 14.9. The minimum Gasteiger partial charge on any atom is -0.370 e. The molecule has 16 heavy (non-hydrogen) atoms. The van der Waals surface area contributed by atoms with Crippen molar-refractivity contribution in [1.29, 1.82) is 0 Å². The molecule has 0 aliphatic rings. The molecular weight excluding hydrogens is 206 g/mol. The van der Waals surface area contributed by atoms with Crippen molar-refractivity contribution < 1.29 is 9.59 Å².